The van der Waals surface area contributed by atoms with Crippen molar-refractivity contribution < 1.29 is 18.0 Å². The van der Waals surface area contributed by atoms with Gasteiger partial charge in [-0.05, 0) is 13.3 Å². The molecule has 0 radical (unpaired) electrons. The molecule has 1 fully saturated rings. The SMILES string of the molecule is CCN(CC(=O)N[C@H]1CCS(=O)(=O)C1)C(=O)CCl. The second kappa shape index (κ2) is 6.38. The summed E-state index contributed by atoms with van der Waals surface area (Å²) in [5.74, 6) is -0.741. The minimum absolute atomic E-state index is 0.0195. The molecule has 0 unspecified atom stereocenters. The average Bonchev–Trinajstić information content (AvgIpc) is 2.64. The molecule has 0 aromatic heterocycles. The molecule has 1 N–H and O–H groups in total. The van der Waals surface area contributed by atoms with Gasteiger partial charge in [0.15, 0.2) is 9.84 Å². The van der Waals surface area contributed by atoms with Crippen LogP contribution in [0, 0.1) is 0 Å². The molecule has 1 atom stereocenters. The average molecular weight is 297 g/mol. The summed E-state index contributed by atoms with van der Waals surface area (Å²) in [6, 6.07) is -0.340. The van der Waals surface area contributed by atoms with E-state index < -0.39 is 9.84 Å². The lowest BCUT2D eigenvalue weighted by Crippen LogP contribution is -2.44. The van der Waals surface area contributed by atoms with E-state index in [0.717, 1.165) is 0 Å². The van der Waals surface area contributed by atoms with Crippen molar-refractivity contribution in [2.45, 2.75) is 19.4 Å². The largest absolute Gasteiger partial charge is 0.351 e. The molecule has 1 saturated heterocycles. The predicted molar refractivity (Wildman–Crippen MR) is 68.2 cm³/mol. The van der Waals surface area contributed by atoms with Crippen molar-refractivity contribution in [1.29, 1.82) is 0 Å². The van der Waals surface area contributed by atoms with Crippen molar-refractivity contribution in [2.75, 3.05) is 30.5 Å². The first kappa shape index (κ1) is 15.2. The zero-order chi connectivity index (χ0) is 13.8. The van der Waals surface area contributed by atoms with E-state index in [0.29, 0.717) is 13.0 Å². The molecule has 0 bridgehead atoms. The minimum Gasteiger partial charge on any atom is -0.351 e. The van der Waals surface area contributed by atoms with Crippen molar-refractivity contribution in [2.24, 2.45) is 0 Å². The van der Waals surface area contributed by atoms with Crippen molar-refractivity contribution in [1.82, 2.24) is 10.2 Å². The van der Waals surface area contributed by atoms with Crippen molar-refractivity contribution in [3.05, 3.63) is 0 Å². The van der Waals surface area contributed by atoms with E-state index in [-0.39, 0.29) is 41.8 Å². The quantitative estimate of drug-likeness (QED) is 0.685. The molecule has 1 rings (SSSR count). The lowest BCUT2D eigenvalue weighted by Gasteiger charge is -2.20. The van der Waals surface area contributed by atoms with Crippen LogP contribution in [-0.4, -0.2) is 61.6 Å². The van der Waals surface area contributed by atoms with Crippen LogP contribution in [0.5, 0.6) is 0 Å². The van der Waals surface area contributed by atoms with Crippen LogP contribution in [0.25, 0.3) is 0 Å². The number of nitrogens with zero attached hydrogens (tertiary/aromatic N) is 1. The van der Waals surface area contributed by atoms with E-state index >= 15 is 0 Å². The Kier molecular flexibility index (Phi) is 5.40. The van der Waals surface area contributed by atoms with Gasteiger partial charge in [-0.3, -0.25) is 9.59 Å². The fourth-order valence-corrected chi connectivity index (χ4v) is 3.66. The molecule has 6 nitrogen and oxygen atoms in total. The number of carbonyl (C=O) groups is 2. The van der Waals surface area contributed by atoms with Gasteiger partial charge in [-0.2, -0.15) is 0 Å². The number of sulfone groups is 1. The number of amides is 2. The summed E-state index contributed by atoms with van der Waals surface area (Å²) >= 11 is 5.41. The van der Waals surface area contributed by atoms with E-state index in [9.17, 15) is 18.0 Å². The van der Waals surface area contributed by atoms with E-state index in [1.807, 2.05) is 0 Å². The molecule has 0 aromatic rings. The fourth-order valence-electron chi connectivity index (χ4n) is 1.82. The van der Waals surface area contributed by atoms with Crippen LogP contribution in [0.2, 0.25) is 0 Å². The summed E-state index contributed by atoms with van der Waals surface area (Å²) < 4.78 is 22.4. The maximum Gasteiger partial charge on any atom is 0.239 e. The van der Waals surface area contributed by atoms with Crippen molar-refractivity contribution in [3.63, 3.8) is 0 Å². The number of hydrogen-bond donors (Lipinski definition) is 1. The lowest BCUT2D eigenvalue weighted by molar-refractivity contribution is -0.134. The van der Waals surface area contributed by atoms with Gasteiger partial charge in [-0.1, -0.05) is 0 Å². The van der Waals surface area contributed by atoms with Crippen LogP contribution in [-0.2, 0) is 19.4 Å². The highest BCUT2D eigenvalue weighted by atomic mass is 35.5. The molecule has 0 spiro atoms. The van der Waals surface area contributed by atoms with Crippen LogP contribution < -0.4 is 5.32 Å². The van der Waals surface area contributed by atoms with Gasteiger partial charge in [0.25, 0.3) is 0 Å². The Hall–Kier alpha value is -0.820. The summed E-state index contributed by atoms with van der Waals surface area (Å²) in [7, 11) is -3.01. The summed E-state index contributed by atoms with van der Waals surface area (Å²) in [5, 5.41) is 2.62. The molecule has 18 heavy (non-hydrogen) atoms. The number of nitrogens with one attached hydrogen (secondary N) is 1. The maximum absolute atomic E-state index is 11.7. The standard InChI is InChI=1S/C10H17ClN2O4S/c1-2-13(10(15)5-11)6-9(14)12-8-3-4-18(16,17)7-8/h8H,2-7H2,1H3,(H,12,14)/t8-/m0/s1. The second-order valence-corrected chi connectivity index (χ2v) is 6.71. The normalized spacial score (nSPS) is 21.6. The maximum atomic E-state index is 11.7. The number of hydrogen-bond acceptors (Lipinski definition) is 4. The molecule has 2 amide bonds. The molecule has 0 aliphatic carbocycles. The van der Waals surface area contributed by atoms with E-state index in [1.54, 1.807) is 6.92 Å². The Morgan fingerprint density at radius 2 is 2.11 bits per heavy atom. The van der Waals surface area contributed by atoms with Gasteiger partial charge in [-0.25, -0.2) is 8.42 Å². The first-order valence-electron chi connectivity index (χ1n) is 5.71. The Morgan fingerprint density at radius 1 is 1.44 bits per heavy atom. The highest BCUT2D eigenvalue weighted by Gasteiger charge is 2.29. The molecule has 104 valence electrons. The number of likely N-dealkylation sites (N-methyl/N-ethyl adjacent to an activating group) is 1. The molecule has 0 saturated carbocycles. The van der Waals surface area contributed by atoms with Gasteiger partial charge in [0, 0.05) is 12.6 Å². The van der Waals surface area contributed by atoms with E-state index in [2.05, 4.69) is 5.32 Å². The Balaban J connectivity index is 2.44. The molecular weight excluding hydrogens is 280 g/mol. The van der Waals surface area contributed by atoms with Gasteiger partial charge < -0.3 is 10.2 Å². The molecule has 0 aromatic carbocycles. The smallest absolute Gasteiger partial charge is 0.239 e. The zero-order valence-corrected chi connectivity index (χ0v) is 11.8. The molecule has 1 aliphatic heterocycles. The van der Waals surface area contributed by atoms with E-state index in [4.69, 9.17) is 11.6 Å². The minimum atomic E-state index is -3.01. The number of carbonyl (C=O) groups excluding carboxylic acids is 2. The summed E-state index contributed by atoms with van der Waals surface area (Å²) in [6.07, 6.45) is 0.434. The number of halogens is 1. The first-order chi connectivity index (χ1) is 8.38. The van der Waals surface area contributed by atoms with Crippen LogP contribution in [0.4, 0.5) is 0 Å². The molecule has 8 heteroatoms. The first-order valence-corrected chi connectivity index (χ1v) is 8.07. The van der Waals surface area contributed by atoms with Crippen LogP contribution >= 0.6 is 11.6 Å². The van der Waals surface area contributed by atoms with Gasteiger partial charge in [0.05, 0.1) is 18.1 Å². The van der Waals surface area contributed by atoms with Crippen molar-refractivity contribution in [3.8, 4) is 0 Å². The number of rotatable bonds is 5. The highest BCUT2D eigenvalue weighted by Crippen LogP contribution is 2.11. The third kappa shape index (κ3) is 4.45. The second-order valence-electron chi connectivity index (χ2n) is 4.21. The molecule has 1 aliphatic rings. The van der Waals surface area contributed by atoms with Gasteiger partial charge in [0.1, 0.15) is 5.88 Å². The topological polar surface area (TPSA) is 83.6 Å². The summed E-state index contributed by atoms with van der Waals surface area (Å²) in [5.41, 5.74) is 0. The molecular formula is C10H17ClN2O4S. The lowest BCUT2D eigenvalue weighted by atomic mass is 10.2. The van der Waals surface area contributed by atoms with Crippen molar-refractivity contribution >= 4 is 33.3 Å². The Labute approximate surface area is 112 Å². The molecule has 1 heterocycles. The fraction of sp³-hybridized carbons (Fsp3) is 0.800. The summed E-state index contributed by atoms with van der Waals surface area (Å²) in [6.45, 7) is 2.05. The third-order valence-electron chi connectivity index (χ3n) is 2.78. The Morgan fingerprint density at radius 3 is 2.56 bits per heavy atom. The van der Waals surface area contributed by atoms with Gasteiger partial charge in [-0.15, -0.1) is 11.6 Å². The predicted octanol–water partition coefficient (Wildman–Crippen LogP) is -0.623. The highest BCUT2D eigenvalue weighted by molar-refractivity contribution is 7.91. The third-order valence-corrected chi connectivity index (χ3v) is 4.78. The van der Waals surface area contributed by atoms with Crippen LogP contribution in [0.15, 0.2) is 0 Å². The van der Waals surface area contributed by atoms with Gasteiger partial charge >= 0.3 is 0 Å². The summed E-state index contributed by atoms with van der Waals surface area (Å²) in [4.78, 5) is 24.3. The van der Waals surface area contributed by atoms with Crippen LogP contribution in [0.3, 0.4) is 0 Å². The monoisotopic (exact) mass is 296 g/mol. The number of alkyl halides is 1. The van der Waals surface area contributed by atoms with E-state index in [1.165, 1.54) is 4.90 Å². The zero-order valence-electron chi connectivity index (χ0n) is 10.2. The Bertz CT molecular complexity index is 424. The van der Waals surface area contributed by atoms with Gasteiger partial charge in [0.2, 0.25) is 11.8 Å². The van der Waals surface area contributed by atoms with Crippen LogP contribution in [0.1, 0.15) is 13.3 Å².